The molecule has 0 spiro atoms. The second-order valence-corrected chi connectivity index (χ2v) is 4.62. The van der Waals surface area contributed by atoms with Crippen LogP contribution in [0.15, 0.2) is 12.4 Å². The van der Waals surface area contributed by atoms with Crippen molar-refractivity contribution in [1.29, 1.82) is 0 Å². The molecular weight excluding hydrogens is 242 g/mol. The van der Waals surface area contributed by atoms with Crippen LogP contribution in [-0.2, 0) is 4.79 Å². The highest BCUT2D eigenvalue weighted by Crippen LogP contribution is 2.25. The number of hydrogen-bond acceptors (Lipinski definition) is 4. The molecule has 92 valence electrons. The van der Waals surface area contributed by atoms with Crippen LogP contribution < -0.4 is 4.90 Å². The highest BCUT2D eigenvalue weighted by atomic mass is 35.5. The number of aliphatic carboxylic acids is 1. The molecule has 0 bridgehead atoms. The number of carbonyl (C=O) groups is 1. The maximum atomic E-state index is 10.5. The van der Waals surface area contributed by atoms with Crippen LogP contribution in [0.3, 0.4) is 0 Å². The Balaban J connectivity index is 1.91. The molecule has 1 aliphatic rings. The van der Waals surface area contributed by atoms with Gasteiger partial charge in [-0.3, -0.25) is 9.78 Å². The molecule has 1 aromatic heterocycles. The number of halogens is 1. The van der Waals surface area contributed by atoms with Crippen LogP contribution in [0, 0.1) is 5.92 Å². The third kappa shape index (κ3) is 3.30. The van der Waals surface area contributed by atoms with Crippen molar-refractivity contribution < 1.29 is 9.90 Å². The predicted octanol–water partition coefficient (Wildman–Crippen LogP) is 1.82. The number of carboxylic acids is 1. The van der Waals surface area contributed by atoms with Crippen molar-refractivity contribution in [2.45, 2.75) is 19.3 Å². The molecule has 1 saturated heterocycles. The minimum absolute atomic E-state index is 0.236. The Morgan fingerprint density at radius 3 is 3.12 bits per heavy atom. The minimum atomic E-state index is -0.731. The van der Waals surface area contributed by atoms with Gasteiger partial charge in [0.25, 0.3) is 0 Å². The van der Waals surface area contributed by atoms with Crippen molar-refractivity contribution in [2.75, 3.05) is 18.0 Å². The zero-order valence-corrected chi connectivity index (χ0v) is 10.1. The van der Waals surface area contributed by atoms with E-state index in [1.807, 2.05) is 0 Å². The molecule has 1 N–H and O–H groups in total. The van der Waals surface area contributed by atoms with Crippen molar-refractivity contribution in [3.05, 3.63) is 17.5 Å². The van der Waals surface area contributed by atoms with Crippen molar-refractivity contribution >= 4 is 23.4 Å². The van der Waals surface area contributed by atoms with Gasteiger partial charge in [0.15, 0.2) is 0 Å². The Bertz CT molecular complexity index is 413. The molecule has 0 radical (unpaired) electrons. The summed E-state index contributed by atoms with van der Waals surface area (Å²) in [6, 6.07) is 0. The molecule has 1 atom stereocenters. The van der Waals surface area contributed by atoms with Gasteiger partial charge in [-0.2, -0.15) is 0 Å². The summed E-state index contributed by atoms with van der Waals surface area (Å²) >= 11 is 5.78. The van der Waals surface area contributed by atoms with Crippen molar-refractivity contribution in [3.8, 4) is 0 Å². The van der Waals surface area contributed by atoms with Gasteiger partial charge in [-0.1, -0.05) is 11.6 Å². The molecule has 17 heavy (non-hydrogen) atoms. The molecule has 2 heterocycles. The second kappa shape index (κ2) is 5.31. The van der Waals surface area contributed by atoms with E-state index in [4.69, 9.17) is 16.7 Å². The minimum Gasteiger partial charge on any atom is -0.481 e. The summed E-state index contributed by atoms with van der Waals surface area (Å²) in [6.07, 6.45) is 5.15. The zero-order valence-electron chi connectivity index (χ0n) is 9.34. The monoisotopic (exact) mass is 255 g/mol. The smallest absolute Gasteiger partial charge is 0.303 e. The molecule has 6 heteroatoms. The average Bonchev–Trinajstić information content (AvgIpc) is 2.75. The number of aromatic nitrogens is 2. The number of carboxylic acid groups (broad SMARTS) is 1. The zero-order chi connectivity index (χ0) is 12.3. The van der Waals surface area contributed by atoms with Crippen LogP contribution in [0.4, 0.5) is 5.82 Å². The maximum Gasteiger partial charge on any atom is 0.303 e. The van der Waals surface area contributed by atoms with Gasteiger partial charge in [0.2, 0.25) is 0 Å². The largest absolute Gasteiger partial charge is 0.481 e. The fraction of sp³-hybridized carbons (Fsp3) is 0.545. The van der Waals surface area contributed by atoms with Gasteiger partial charge >= 0.3 is 5.97 Å². The van der Waals surface area contributed by atoms with E-state index in [0.717, 1.165) is 31.7 Å². The SMILES string of the molecule is O=C(O)CCC1CCN(c2cncc(Cl)n2)C1. The third-order valence-corrected chi connectivity index (χ3v) is 3.15. The van der Waals surface area contributed by atoms with Gasteiger partial charge in [-0.25, -0.2) is 4.98 Å². The lowest BCUT2D eigenvalue weighted by Crippen LogP contribution is -2.21. The Labute approximate surface area is 104 Å². The molecule has 5 nitrogen and oxygen atoms in total. The first-order chi connectivity index (χ1) is 8.15. The predicted molar refractivity (Wildman–Crippen MR) is 64.2 cm³/mol. The first-order valence-corrected chi connectivity index (χ1v) is 5.97. The summed E-state index contributed by atoms with van der Waals surface area (Å²) in [6.45, 7) is 1.72. The lowest BCUT2D eigenvalue weighted by atomic mass is 10.0. The van der Waals surface area contributed by atoms with Gasteiger partial charge in [0.05, 0.1) is 12.4 Å². The Hall–Kier alpha value is -1.36. The molecule has 1 aliphatic heterocycles. The number of nitrogens with zero attached hydrogens (tertiary/aromatic N) is 3. The topological polar surface area (TPSA) is 66.3 Å². The molecular formula is C11H14ClN3O2. The van der Waals surface area contributed by atoms with Crippen molar-refractivity contribution in [1.82, 2.24) is 9.97 Å². The lowest BCUT2D eigenvalue weighted by Gasteiger charge is -2.16. The molecule has 0 aromatic carbocycles. The molecule has 2 rings (SSSR count). The van der Waals surface area contributed by atoms with E-state index in [9.17, 15) is 4.79 Å². The van der Waals surface area contributed by atoms with Crippen molar-refractivity contribution in [2.24, 2.45) is 5.92 Å². The van der Waals surface area contributed by atoms with Gasteiger partial charge in [-0.05, 0) is 18.8 Å². The number of hydrogen-bond donors (Lipinski definition) is 1. The second-order valence-electron chi connectivity index (χ2n) is 4.23. The van der Waals surface area contributed by atoms with Crippen LogP contribution in [0.5, 0.6) is 0 Å². The fourth-order valence-corrected chi connectivity index (χ4v) is 2.23. The fourth-order valence-electron chi connectivity index (χ4n) is 2.09. The van der Waals surface area contributed by atoms with E-state index in [1.54, 1.807) is 6.20 Å². The van der Waals surface area contributed by atoms with Gasteiger partial charge in [0, 0.05) is 19.5 Å². The van der Waals surface area contributed by atoms with Gasteiger partial charge in [0.1, 0.15) is 11.0 Å². The molecule has 1 fully saturated rings. The van der Waals surface area contributed by atoms with Crippen LogP contribution in [0.2, 0.25) is 5.15 Å². The van der Waals surface area contributed by atoms with Gasteiger partial charge < -0.3 is 10.0 Å². The number of anilines is 1. The normalized spacial score (nSPS) is 19.6. The summed E-state index contributed by atoms with van der Waals surface area (Å²) in [5.74, 6) is 0.466. The van der Waals surface area contributed by atoms with E-state index >= 15 is 0 Å². The summed E-state index contributed by atoms with van der Waals surface area (Å²) in [7, 11) is 0. The third-order valence-electron chi connectivity index (χ3n) is 2.97. The van der Waals surface area contributed by atoms with E-state index in [2.05, 4.69) is 14.9 Å². The molecule has 0 aliphatic carbocycles. The van der Waals surface area contributed by atoms with Crippen LogP contribution in [0.1, 0.15) is 19.3 Å². The summed E-state index contributed by atoms with van der Waals surface area (Å²) < 4.78 is 0. The average molecular weight is 256 g/mol. The molecule has 0 amide bonds. The highest BCUT2D eigenvalue weighted by molar-refractivity contribution is 6.29. The Morgan fingerprint density at radius 1 is 1.59 bits per heavy atom. The molecule has 0 saturated carbocycles. The van der Waals surface area contributed by atoms with E-state index in [-0.39, 0.29) is 6.42 Å². The quantitative estimate of drug-likeness (QED) is 0.889. The van der Waals surface area contributed by atoms with Crippen LogP contribution in [-0.4, -0.2) is 34.1 Å². The Kier molecular flexibility index (Phi) is 3.78. The van der Waals surface area contributed by atoms with E-state index in [1.165, 1.54) is 6.20 Å². The maximum absolute atomic E-state index is 10.5. The summed E-state index contributed by atoms with van der Waals surface area (Å²) in [4.78, 5) is 20.8. The lowest BCUT2D eigenvalue weighted by molar-refractivity contribution is -0.137. The molecule has 1 unspecified atom stereocenters. The van der Waals surface area contributed by atoms with Crippen molar-refractivity contribution in [3.63, 3.8) is 0 Å². The standard InChI is InChI=1S/C11H14ClN3O2/c12-9-5-13-6-10(14-9)15-4-3-8(7-15)1-2-11(16)17/h5-6,8H,1-4,7H2,(H,16,17). The van der Waals surface area contributed by atoms with Crippen LogP contribution >= 0.6 is 11.6 Å². The van der Waals surface area contributed by atoms with E-state index < -0.39 is 5.97 Å². The van der Waals surface area contributed by atoms with Crippen LogP contribution in [0.25, 0.3) is 0 Å². The molecule has 1 aromatic rings. The summed E-state index contributed by atoms with van der Waals surface area (Å²) in [5, 5.41) is 9.03. The van der Waals surface area contributed by atoms with E-state index in [0.29, 0.717) is 11.1 Å². The Morgan fingerprint density at radius 2 is 2.41 bits per heavy atom. The first kappa shape index (κ1) is 12.1. The number of rotatable bonds is 4. The first-order valence-electron chi connectivity index (χ1n) is 5.59. The summed E-state index contributed by atoms with van der Waals surface area (Å²) in [5.41, 5.74) is 0. The van der Waals surface area contributed by atoms with Gasteiger partial charge in [-0.15, -0.1) is 0 Å². The highest BCUT2D eigenvalue weighted by Gasteiger charge is 2.24.